The number of carbonyl (C=O) groups is 1. The van der Waals surface area contributed by atoms with Crippen molar-refractivity contribution in [3.63, 3.8) is 0 Å². The van der Waals surface area contributed by atoms with Crippen LogP contribution in [0.3, 0.4) is 0 Å². The van der Waals surface area contributed by atoms with Crippen LogP contribution in [-0.2, 0) is 9.53 Å². The molecule has 1 saturated heterocycles. The van der Waals surface area contributed by atoms with Gasteiger partial charge in [-0.1, -0.05) is 32.1 Å². The van der Waals surface area contributed by atoms with E-state index in [9.17, 15) is 14.3 Å². The first-order valence-corrected chi connectivity index (χ1v) is 10.1. The number of hydrogen-bond donors (Lipinski definition) is 2. The molecular weight excluding hydrogens is 387 g/mol. The third-order valence-electron chi connectivity index (χ3n) is 4.99. The van der Waals surface area contributed by atoms with E-state index in [1.165, 1.54) is 12.1 Å². The maximum absolute atomic E-state index is 13.5. The van der Waals surface area contributed by atoms with Crippen molar-refractivity contribution in [3.8, 4) is 16.9 Å². The average molecular weight is 414 g/mol. The second-order valence-corrected chi connectivity index (χ2v) is 7.69. The van der Waals surface area contributed by atoms with Gasteiger partial charge >= 0.3 is 5.97 Å². The Hall–Kier alpha value is -2.70. The Morgan fingerprint density at radius 2 is 2.00 bits per heavy atom. The number of halogens is 1. The van der Waals surface area contributed by atoms with Crippen molar-refractivity contribution in [2.75, 3.05) is 13.2 Å². The lowest BCUT2D eigenvalue weighted by Gasteiger charge is -2.24. The van der Waals surface area contributed by atoms with Crippen molar-refractivity contribution in [1.82, 2.24) is 0 Å². The van der Waals surface area contributed by atoms with Gasteiger partial charge in [0.2, 0.25) is 0 Å². The summed E-state index contributed by atoms with van der Waals surface area (Å²) in [6.45, 7) is 4.19. The maximum atomic E-state index is 13.5. The number of ether oxygens (including phenoxy) is 2. The molecule has 0 spiro atoms. The van der Waals surface area contributed by atoms with E-state index in [1.807, 2.05) is 18.2 Å². The number of rotatable bonds is 7. The van der Waals surface area contributed by atoms with Gasteiger partial charge in [0.1, 0.15) is 24.3 Å². The van der Waals surface area contributed by atoms with Crippen LogP contribution in [0, 0.1) is 5.82 Å². The molecule has 2 N–H and O–H groups in total. The highest BCUT2D eigenvalue weighted by atomic mass is 19.1. The zero-order chi connectivity index (χ0) is 21.7. The highest BCUT2D eigenvalue weighted by Gasteiger charge is 2.25. The Morgan fingerprint density at radius 1 is 1.27 bits per heavy atom. The van der Waals surface area contributed by atoms with Gasteiger partial charge in [-0.25, -0.2) is 4.39 Å². The van der Waals surface area contributed by atoms with Crippen LogP contribution >= 0.6 is 0 Å². The maximum Gasteiger partial charge on any atom is 0.309 e. The third-order valence-corrected chi connectivity index (χ3v) is 4.99. The second-order valence-electron chi connectivity index (χ2n) is 7.69. The minimum absolute atomic E-state index is 0.0132. The Kier molecular flexibility index (Phi) is 7.24. The highest BCUT2D eigenvalue weighted by molar-refractivity contribution is 5.79. The average Bonchev–Trinajstić information content (AvgIpc) is 2.70. The molecule has 6 heteroatoms. The van der Waals surface area contributed by atoms with Gasteiger partial charge in [0.15, 0.2) is 0 Å². The number of hydrogen-bond acceptors (Lipinski definition) is 5. The lowest BCUT2D eigenvalue weighted by atomic mass is 9.89. The number of esters is 1. The van der Waals surface area contributed by atoms with E-state index >= 15 is 0 Å². The van der Waals surface area contributed by atoms with Gasteiger partial charge < -0.3 is 19.7 Å². The molecule has 1 aliphatic rings. The Morgan fingerprint density at radius 3 is 2.63 bits per heavy atom. The molecule has 0 radical (unpaired) electrons. The molecule has 0 bridgehead atoms. The molecule has 2 aromatic carbocycles. The molecule has 1 heterocycles. The van der Waals surface area contributed by atoms with Crippen molar-refractivity contribution in [2.45, 2.75) is 44.8 Å². The van der Waals surface area contributed by atoms with Crippen LogP contribution in [0.1, 0.15) is 43.7 Å². The Bertz CT molecular complexity index is 905. The molecule has 1 fully saturated rings. The van der Waals surface area contributed by atoms with E-state index < -0.39 is 18.2 Å². The van der Waals surface area contributed by atoms with Gasteiger partial charge in [-0.2, -0.15) is 0 Å². The molecular formula is C24H27FO5. The summed E-state index contributed by atoms with van der Waals surface area (Å²) in [4.78, 5) is 11.6. The standard InChI is InChI=1S/C24H27FO5/c1-15(2)22-13-20(29-10-9-26)14-23(16-3-5-17(25)6-4-16)21(22)8-7-19-11-18(27)12-24(28)30-19/h3-8,13-15,18-19,26-27H,9-12H2,1-2H3/b8-7+. The Balaban J connectivity index is 2.07. The first-order chi connectivity index (χ1) is 14.4. The van der Waals surface area contributed by atoms with Crippen LogP contribution in [0.2, 0.25) is 0 Å². The van der Waals surface area contributed by atoms with Crippen LogP contribution in [0.15, 0.2) is 42.5 Å². The number of aliphatic hydroxyl groups excluding tert-OH is 2. The Labute approximate surface area is 175 Å². The zero-order valence-electron chi connectivity index (χ0n) is 17.2. The summed E-state index contributed by atoms with van der Waals surface area (Å²) >= 11 is 0. The molecule has 0 saturated carbocycles. The van der Waals surface area contributed by atoms with Crippen LogP contribution < -0.4 is 4.74 Å². The molecule has 0 amide bonds. The molecule has 5 nitrogen and oxygen atoms in total. The van der Waals surface area contributed by atoms with Gasteiger partial charge in [-0.05, 0) is 58.5 Å². The normalized spacial score (nSPS) is 19.3. The summed E-state index contributed by atoms with van der Waals surface area (Å²) in [6.07, 6.45) is 2.81. The van der Waals surface area contributed by atoms with E-state index in [-0.39, 0.29) is 31.4 Å². The van der Waals surface area contributed by atoms with E-state index in [0.717, 1.165) is 22.3 Å². The van der Waals surface area contributed by atoms with Gasteiger partial charge in [0, 0.05) is 6.42 Å². The molecule has 1 aliphatic heterocycles. The molecule has 160 valence electrons. The van der Waals surface area contributed by atoms with Crippen molar-refractivity contribution in [1.29, 1.82) is 0 Å². The van der Waals surface area contributed by atoms with E-state index in [4.69, 9.17) is 14.6 Å². The van der Waals surface area contributed by atoms with Crippen LogP contribution in [0.25, 0.3) is 17.2 Å². The van der Waals surface area contributed by atoms with Crippen molar-refractivity contribution in [2.24, 2.45) is 0 Å². The topological polar surface area (TPSA) is 76.0 Å². The van der Waals surface area contributed by atoms with Gasteiger partial charge in [-0.3, -0.25) is 4.79 Å². The summed E-state index contributed by atoms with van der Waals surface area (Å²) in [5.41, 5.74) is 3.56. The van der Waals surface area contributed by atoms with E-state index in [0.29, 0.717) is 12.2 Å². The van der Waals surface area contributed by atoms with E-state index in [2.05, 4.69) is 13.8 Å². The largest absolute Gasteiger partial charge is 0.491 e. The smallest absolute Gasteiger partial charge is 0.309 e. The second kappa shape index (κ2) is 9.87. The fourth-order valence-corrected chi connectivity index (χ4v) is 3.56. The molecule has 3 rings (SSSR count). The van der Waals surface area contributed by atoms with Gasteiger partial charge in [0.05, 0.1) is 19.1 Å². The summed E-state index contributed by atoms with van der Waals surface area (Å²) in [5, 5.41) is 19.0. The van der Waals surface area contributed by atoms with Crippen molar-refractivity contribution >= 4 is 12.0 Å². The van der Waals surface area contributed by atoms with Crippen molar-refractivity contribution < 1.29 is 28.9 Å². The van der Waals surface area contributed by atoms with Crippen LogP contribution in [0.4, 0.5) is 4.39 Å². The summed E-state index contributed by atoms with van der Waals surface area (Å²) in [5.74, 6) is 0.0273. The number of aliphatic hydroxyl groups is 2. The lowest BCUT2D eigenvalue weighted by Crippen LogP contribution is -2.31. The third kappa shape index (κ3) is 5.46. The molecule has 2 aromatic rings. The van der Waals surface area contributed by atoms with E-state index in [1.54, 1.807) is 18.2 Å². The number of benzene rings is 2. The predicted octanol–water partition coefficient (Wildman–Crippen LogP) is 4.07. The molecule has 0 aromatic heterocycles. The number of cyclic esters (lactones) is 1. The van der Waals surface area contributed by atoms with Crippen molar-refractivity contribution in [3.05, 3.63) is 59.4 Å². The first kappa shape index (κ1) is 22.0. The predicted molar refractivity (Wildman–Crippen MR) is 113 cm³/mol. The molecule has 30 heavy (non-hydrogen) atoms. The molecule has 2 unspecified atom stereocenters. The minimum atomic E-state index is -0.712. The SMILES string of the molecule is CC(C)c1cc(OCCO)cc(-c2ccc(F)cc2)c1/C=C/C1CC(O)CC(=O)O1. The first-order valence-electron chi connectivity index (χ1n) is 10.1. The van der Waals surface area contributed by atoms with Gasteiger partial charge in [-0.15, -0.1) is 0 Å². The fraction of sp³-hybridized carbons (Fsp3) is 0.375. The van der Waals surface area contributed by atoms with Gasteiger partial charge in [0.25, 0.3) is 0 Å². The highest BCUT2D eigenvalue weighted by Crippen LogP contribution is 2.36. The summed E-state index contributed by atoms with van der Waals surface area (Å²) in [7, 11) is 0. The quantitative estimate of drug-likeness (QED) is 0.668. The minimum Gasteiger partial charge on any atom is -0.491 e. The zero-order valence-corrected chi connectivity index (χ0v) is 17.2. The fourth-order valence-electron chi connectivity index (χ4n) is 3.56. The molecule has 2 atom stereocenters. The number of carbonyl (C=O) groups excluding carboxylic acids is 1. The van der Waals surface area contributed by atoms with Crippen LogP contribution in [0.5, 0.6) is 5.75 Å². The molecule has 0 aliphatic carbocycles. The summed E-state index contributed by atoms with van der Waals surface area (Å²) in [6, 6.07) is 9.99. The monoisotopic (exact) mass is 414 g/mol. The lowest BCUT2D eigenvalue weighted by molar-refractivity contribution is -0.156. The summed E-state index contributed by atoms with van der Waals surface area (Å²) < 4.78 is 24.5. The van der Waals surface area contributed by atoms with Crippen LogP contribution in [-0.4, -0.2) is 41.6 Å².